The summed E-state index contributed by atoms with van der Waals surface area (Å²) in [6.45, 7) is 0. The normalized spacial score (nSPS) is 13.8. The molecule has 0 radical (unpaired) electrons. The first kappa shape index (κ1) is 4.81. The molecule has 0 aliphatic carbocycles. The molecule has 0 unspecified atom stereocenters. The molecule has 0 aromatic carbocycles. The molecular weight excluding hydrogens is 138 g/mol. The summed E-state index contributed by atoms with van der Waals surface area (Å²) in [7, 11) is 0. The van der Waals surface area contributed by atoms with Gasteiger partial charge < -0.3 is 9.47 Å². The third-order valence-corrected chi connectivity index (χ3v) is 1.61. The minimum absolute atomic E-state index is 0.558. The highest BCUT2D eigenvalue weighted by Gasteiger charge is 2.09. The SMILES string of the molecule is C1=COc2scnc2O1. The topological polar surface area (TPSA) is 31.4 Å². The molecule has 4 heteroatoms. The molecular formula is C5H3NO2S. The van der Waals surface area contributed by atoms with Crippen LogP contribution in [0.15, 0.2) is 18.0 Å². The van der Waals surface area contributed by atoms with Crippen LogP contribution in [-0.2, 0) is 0 Å². The van der Waals surface area contributed by atoms with Gasteiger partial charge in [-0.15, -0.1) is 0 Å². The first-order chi connectivity index (χ1) is 4.47. The van der Waals surface area contributed by atoms with Crippen molar-refractivity contribution in [2.24, 2.45) is 0 Å². The Morgan fingerprint density at radius 2 is 2.22 bits per heavy atom. The van der Waals surface area contributed by atoms with Gasteiger partial charge in [0.2, 0.25) is 5.06 Å². The van der Waals surface area contributed by atoms with Gasteiger partial charge in [-0.05, 0) is 0 Å². The fraction of sp³-hybridized carbons (Fsp3) is 0. The van der Waals surface area contributed by atoms with Crippen molar-refractivity contribution in [2.75, 3.05) is 0 Å². The molecule has 1 aromatic rings. The Bertz CT molecular complexity index is 220. The highest BCUT2D eigenvalue weighted by Crippen LogP contribution is 2.32. The van der Waals surface area contributed by atoms with Gasteiger partial charge in [0.05, 0.1) is 5.51 Å². The molecule has 3 nitrogen and oxygen atoms in total. The Balaban J connectivity index is 2.46. The number of thiazole rings is 1. The van der Waals surface area contributed by atoms with Crippen molar-refractivity contribution in [3.05, 3.63) is 18.0 Å². The van der Waals surface area contributed by atoms with E-state index in [1.54, 1.807) is 5.51 Å². The van der Waals surface area contributed by atoms with E-state index in [9.17, 15) is 0 Å². The van der Waals surface area contributed by atoms with E-state index in [0.29, 0.717) is 5.88 Å². The number of ether oxygens (including phenoxy) is 2. The van der Waals surface area contributed by atoms with Crippen molar-refractivity contribution in [3.63, 3.8) is 0 Å². The van der Waals surface area contributed by atoms with Gasteiger partial charge in [-0.3, -0.25) is 0 Å². The number of fused-ring (bicyclic) bond motifs is 1. The molecule has 0 bridgehead atoms. The summed E-state index contributed by atoms with van der Waals surface area (Å²) in [5, 5.41) is 0.720. The van der Waals surface area contributed by atoms with Crippen LogP contribution >= 0.6 is 11.3 Å². The van der Waals surface area contributed by atoms with Crippen molar-refractivity contribution in [1.29, 1.82) is 0 Å². The minimum Gasteiger partial charge on any atom is -0.446 e. The molecule has 0 spiro atoms. The van der Waals surface area contributed by atoms with Gasteiger partial charge in [0.25, 0.3) is 5.88 Å². The quantitative estimate of drug-likeness (QED) is 0.547. The predicted molar refractivity (Wildman–Crippen MR) is 32.5 cm³/mol. The fourth-order valence-corrected chi connectivity index (χ4v) is 1.12. The van der Waals surface area contributed by atoms with Gasteiger partial charge in [0.15, 0.2) is 0 Å². The van der Waals surface area contributed by atoms with Crippen LogP contribution in [0.2, 0.25) is 0 Å². The lowest BCUT2D eigenvalue weighted by Crippen LogP contribution is -1.92. The number of hydrogen-bond donors (Lipinski definition) is 0. The second-order valence-corrected chi connectivity index (χ2v) is 2.27. The first-order valence-electron chi connectivity index (χ1n) is 2.38. The highest BCUT2D eigenvalue weighted by atomic mass is 32.1. The van der Waals surface area contributed by atoms with Crippen LogP contribution in [0, 0.1) is 0 Å². The fourth-order valence-electron chi connectivity index (χ4n) is 0.564. The summed E-state index contributed by atoms with van der Waals surface area (Å²) >= 11 is 1.42. The van der Waals surface area contributed by atoms with Crippen molar-refractivity contribution in [1.82, 2.24) is 4.98 Å². The van der Waals surface area contributed by atoms with Gasteiger partial charge >= 0.3 is 0 Å². The van der Waals surface area contributed by atoms with E-state index in [-0.39, 0.29) is 0 Å². The molecule has 0 N–H and O–H groups in total. The third-order valence-electron chi connectivity index (χ3n) is 0.915. The molecule has 0 saturated carbocycles. The molecule has 1 aromatic heterocycles. The number of aromatic nitrogens is 1. The van der Waals surface area contributed by atoms with E-state index in [2.05, 4.69) is 4.98 Å². The van der Waals surface area contributed by atoms with E-state index < -0.39 is 0 Å². The Morgan fingerprint density at radius 3 is 3.11 bits per heavy atom. The van der Waals surface area contributed by atoms with Crippen LogP contribution in [0.3, 0.4) is 0 Å². The van der Waals surface area contributed by atoms with Crippen LogP contribution in [-0.4, -0.2) is 4.98 Å². The van der Waals surface area contributed by atoms with Gasteiger partial charge in [-0.25, -0.2) is 4.98 Å². The lowest BCUT2D eigenvalue weighted by atomic mass is 10.8. The van der Waals surface area contributed by atoms with Gasteiger partial charge in [-0.2, -0.15) is 0 Å². The highest BCUT2D eigenvalue weighted by molar-refractivity contribution is 7.11. The molecule has 2 heterocycles. The monoisotopic (exact) mass is 141 g/mol. The maximum absolute atomic E-state index is 5.01. The lowest BCUT2D eigenvalue weighted by Gasteiger charge is -2.03. The predicted octanol–water partition coefficient (Wildman–Crippen LogP) is 1.39. The minimum atomic E-state index is 0.558. The van der Waals surface area contributed by atoms with Gasteiger partial charge in [-0.1, -0.05) is 11.3 Å². The number of nitrogens with zero attached hydrogens (tertiary/aromatic N) is 1. The maximum atomic E-state index is 5.01. The molecule has 9 heavy (non-hydrogen) atoms. The second-order valence-electron chi connectivity index (χ2n) is 1.45. The average Bonchev–Trinajstić information content (AvgIpc) is 2.33. The van der Waals surface area contributed by atoms with Crippen LogP contribution < -0.4 is 9.47 Å². The summed E-state index contributed by atoms with van der Waals surface area (Å²) in [5.41, 5.74) is 1.68. The summed E-state index contributed by atoms with van der Waals surface area (Å²) in [5.74, 6) is 0.558. The smallest absolute Gasteiger partial charge is 0.274 e. The van der Waals surface area contributed by atoms with E-state index in [0.717, 1.165) is 5.06 Å². The van der Waals surface area contributed by atoms with Crippen molar-refractivity contribution in [3.8, 4) is 10.9 Å². The maximum Gasteiger partial charge on any atom is 0.274 e. The van der Waals surface area contributed by atoms with Crippen LogP contribution in [0.25, 0.3) is 0 Å². The summed E-state index contributed by atoms with van der Waals surface area (Å²) < 4.78 is 9.97. The largest absolute Gasteiger partial charge is 0.446 e. The van der Waals surface area contributed by atoms with Crippen molar-refractivity contribution < 1.29 is 9.47 Å². The standard InChI is InChI=1S/C5H3NO2S/c1-2-8-5-4(7-1)6-3-9-5/h1-3H. The molecule has 2 rings (SSSR count). The average molecular weight is 141 g/mol. The van der Waals surface area contributed by atoms with Crippen LogP contribution in [0.5, 0.6) is 10.9 Å². The Labute approximate surface area is 55.6 Å². The second kappa shape index (κ2) is 1.73. The molecule has 0 saturated heterocycles. The lowest BCUT2D eigenvalue weighted by molar-refractivity contribution is 0.360. The first-order valence-corrected chi connectivity index (χ1v) is 3.26. The summed E-state index contributed by atoms with van der Waals surface area (Å²) in [6.07, 6.45) is 2.95. The van der Waals surface area contributed by atoms with E-state index in [1.165, 1.54) is 23.9 Å². The Hall–Kier alpha value is -1.03. The van der Waals surface area contributed by atoms with E-state index in [1.807, 2.05) is 0 Å². The molecule has 0 atom stereocenters. The number of rotatable bonds is 0. The van der Waals surface area contributed by atoms with Crippen molar-refractivity contribution in [2.45, 2.75) is 0 Å². The van der Waals surface area contributed by atoms with Gasteiger partial charge in [0, 0.05) is 0 Å². The van der Waals surface area contributed by atoms with E-state index >= 15 is 0 Å². The molecule has 46 valence electrons. The molecule has 0 amide bonds. The third kappa shape index (κ3) is 0.675. The Kier molecular flexibility index (Phi) is 0.927. The zero-order valence-corrected chi connectivity index (χ0v) is 5.22. The zero-order chi connectivity index (χ0) is 6.10. The zero-order valence-electron chi connectivity index (χ0n) is 4.40. The van der Waals surface area contributed by atoms with Crippen molar-refractivity contribution >= 4 is 11.3 Å². The molecule has 1 aliphatic heterocycles. The van der Waals surface area contributed by atoms with Crippen LogP contribution in [0.1, 0.15) is 0 Å². The summed E-state index contributed by atoms with van der Waals surface area (Å²) in [4.78, 5) is 3.88. The summed E-state index contributed by atoms with van der Waals surface area (Å²) in [6, 6.07) is 0. The molecule has 1 aliphatic rings. The molecule has 0 fully saturated rings. The van der Waals surface area contributed by atoms with Crippen LogP contribution in [0.4, 0.5) is 0 Å². The van der Waals surface area contributed by atoms with E-state index in [4.69, 9.17) is 9.47 Å². The van der Waals surface area contributed by atoms with Gasteiger partial charge in [0.1, 0.15) is 12.5 Å². The number of hydrogen-bond acceptors (Lipinski definition) is 4. The Morgan fingerprint density at radius 1 is 1.33 bits per heavy atom.